The highest BCUT2D eigenvalue weighted by Gasteiger charge is 2.18. The first-order chi connectivity index (χ1) is 14.4. The number of nitrogens with one attached hydrogen (secondary N) is 3. The molecule has 0 fully saturated rings. The molecular weight excluding hydrogens is 404 g/mol. The predicted octanol–water partition coefficient (Wildman–Crippen LogP) is 2.75. The summed E-state index contributed by atoms with van der Waals surface area (Å²) in [6.07, 6.45) is 10.2. The number of aromatic amines is 1. The Labute approximate surface area is 173 Å². The van der Waals surface area contributed by atoms with Gasteiger partial charge in [0.25, 0.3) is 5.91 Å². The van der Waals surface area contributed by atoms with Gasteiger partial charge in [-0.25, -0.2) is 4.98 Å². The van der Waals surface area contributed by atoms with E-state index in [4.69, 9.17) is 5.26 Å². The topological polar surface area (TPSA) is 140 Å². The number of nitriles is 1. The molecule has 1 amide bonds. The monoisotopic (exact) mass is 422 g/mol. The van der Waals surface area contributed by atoms with Crippen LogP contribution in [-0.2, 0) is 10.2 Å². The summed E-state index contributed by atoms with van der Waals surface area (Å²) in [4.78, 5) is 19.2. The number of carbonyl (C=O) groups is 1. The van der Waals surface area contributed by atoms with Crippen LogP contribution >= 0.6 is 0 Å². The summed E-state index contributed by atoms with van der Waals surface area (Å²) in [5.74, 6) is -0.399. The average molecular weight is 422 g/mol. The lowest BCUT2D eigenvalue weighted by Gasteiger charge is -2.19. The van der Waals surface area contributed by atoms with Crippen LogP contribution < -0.4 is 10.0 Å². The number of benzene rings is 1. The second-order valence-corrected chi connectivity index (χ2v) is 8.27. The number of anilines is 1. The largest absolute Gasteiger partial charge is 0.341 e. The van der Waals surface area contributed by atoms with Crippen molar-refractivity contribution >= 4 is 39.2 Å². The molecule has 4 rings (SSSR count). The molecule has 0 spiro atoms. The minimum atomic E-state index is -3.67. The average Bonchev–Trinajstić information content (AvgIpc) is 3.24. The van der Waals surface area contributed by atoms with Gasteiger partial charge in [-0.3, -0.25) is 9.52 Å². The minimum Gasteiger partial charge on any atom is -0.326 e. The Morgan fingerprint density at radius 3 is 2.80 bits per heavy atom. The molecule has 9 nitrogen and oxygen atoms in total. The Morgan fingerprint density at radius 2 is 2.13 bits per heavy atom. The summed E-state index contributed by atoms with van der Waals surface area (Å²) < 4.78 is 28.7. The molecule has 2 aromatic rings. The number of H-pyrrole nitrogens is 1. The van der Waals surface area contributed by atoms with Gasteiger partial charge >= 0.3 is 10.2 Å². The highest BCUT2D eigenvalue weighted by molar-refractivity contribution is 7.88. The highest BCUT2D eigenvalue weighted by atomic mass is 32.2. The van der Waals surface area contributed by atoms with Gasteiger partial charge in [0, 0.05) is 23.0 Å². The SMILES string of the molecule is N#Cc1cnc(C(=O)Nc2ccc(C3=CNS(=O)(=O)N=C3)cc2C2=CCCCC2)[nH]1. The van der Waals surface area contributed by atoms with Crippen LogP contribution in [0.25, 0.3) is 11.1 Å². The lowest BCUT2D eigenvalue weighted by atomic mass is 9.90. The van der Waals surface area contributed by atoms with E-state index in [0.29, 0.717) is 11.3 Å². The van der Waals surface area contributed by atoms with Gasteiger partial charge in [0.05, 0.1) is 12.4 Å². The summed E-state index contributed by atoms with van der Waals surface area (Å²) in [7, 11) is -3.67. The maximum atomic E-state index is 12.6. The fourth-order valence-corrected chi connectivity index (χ4v) is 3.93. The first-order valence-electron chi connectivity index (χ1n) is 9.33. The van der Waals surface area contributed by atoms with Crippen LogP contribution in [0.5, 0.6) is 0 Å². The molecular formula is C20H18N6O3S. The molecule has 2 heterocycles. The minimum absolute atomic E-state index is 0.0516. The molecule has 0 radical (unpaired) electrons. The van der Waals surface area contributed by atoms with Crippen LogP contribution in [0.1, 0.15) is 53.1 Å². The quantitative estimate of drug-likeness (QED) is 0.695. The fourth-order valence-electron chi connectivity index (χ4n) is 3.35. The van der Waals surface area contributed by atoms with Gasteiger partial charge in [-0.2, -0.15) is 18.1 Å². The van der Waals surface area contributed by atoms with E-state index >= 15 is 0 Å². The Hall–Kier alpha value is -3.71. The van der Waals surface area contributed by atoms with E-state index in [9.17, 15) is 13.2 Å². The Morgan fingerprint density at radius 1 is 1.27 bits per heavy atom. The van der Waals surface area contributed by atoms with E-state index in [1.165, 1.54) is 18.6 Å². The van der Waals surface area contributed by atoms with Crippen LogP contribution in [0, 0.1) is 11.3 Å². The number of amides is 1. The third-order valence-corrected chi connectivity index (χ3v) is 5.64. The van der Waals surface area contributed by atoms with Crippen molar-refractivity contribution in [3.8, 4) is 6.07 Å². The molecule has 0 saturated carbocycles. The molecule has 10 heteroatoms. The van der Waals surface area contributed by atoms with E-state index in [0.717, 1.165) is 42.4 Å². The zero-order chi connectivity index (χ0) is 21.1. The van der Waals surface area contributed by atoms with Gasteiger partial charge in [-0.05, 0) is 49.0 Å². The third kappa shape index (κ3) is 4.16. The number of carbonyl (C=O) groups excluding carboxylic acids is 1. The lowest BCUT2D eigenvalue weighted by Crippen LogP contribution is -2.19. The number of hydrogen-bond donors (Lipinski definition) is 3. The molecule has 2 aliphatic rings. The first kappa shape index (κ1) is 19.6. The molecule has 3 N–H and O–H groups in total. The molecule has 30 heavy (non-hydrogen) atoms. The summed E-state index contributed by atoms with van der Waals surface area (Å²) in [6, 6.07) is 7.36. The third-order valence-electron chi connectivity index (χ3n) is 4.84. The Kier molecular flexibility index (Phi) is 5.20. The smallest absolute Gasteiger partial charge is 0.326 e. The van der Waals surface area contributed by atoms with E-state index in [-0.39, 0.29) is 11.5 Å². The van der Waals surface area contributed by atoms with Crippen LogP contribution in [0.15, 0.2) is 41.1 Å². The normalized spacial score (nSPS) is 17.3. The van der Waals surface area contributed by atoms with Crippen molar-refractivity contribution in [2.45, 2.75) is 25.7 Å². The summed E-state index contributed by atoms with van der Waals surface area (Å²) in [6.45, 7) is 0. The molecule has 0 bridgehead atoms. The van der Waals surface area contributed by atoms with Gasteiger partial charge < -0.3 is 10.3 Å². The van der Waals surface area contributed by atoms with Crippen molar-refractivity contribution in [2.24, 2.45) is 4.40 Å². The van der Waals surface area contributed by atoms with Crippen LogP contribution in [0.4, 0.5) is 5.69 Å². The Bertz CT molecular complexity index is 1250. The molecule has 0 atom stereocenters. The summed E-state index contributed by atoms with van der Waals surface area (Å²) >= 11 is 0. The number of rotatable bonds is 4. The summed E-state index contributed by atoms with van der Waals surface area (Å²) in [5, 5.41) is 11.8. The van der Waals surface area contributed by atoms with E-state index in [2.05, 4.69) is 30.5 Å². The first-order valence-corrected chi connectivity index (χ1v) is 10.8. The molecule has 1 aliphatic carbocycles. The van der Waals surface area contributed by atoms with Crippen molar-refractivity contribution in [3.63, 3.8) is 0 Å². The van der Waals surface area contributed by atoms with E-state index in [1.54, 1.807) is 12.1 Å². The predicted molar refractivity (Wildman–Crippen MR) is 113 cm³/mol. The fraction of sp³-hybridized carbons (Fsp3) is 0.200. The maximum Gasteiger partial charge on any atom is 0.341 e. The van der Waals surface area contributed by atoms with Gasteiger partial charge in [0.1, 0.15) is 11.8 Å². The van der Waals surface area contributed by atoms with Crippen molar-refractivity contribution in [1.29, 1.82) is 5.26 Å². The molecule has 1 aliphatic heterocycles. The Balaban J connectivity index is 1.68. The standard InChI is InChI=1S/C20H18N6O3S/c21-9-16-12-22-19(25-16)20(27)26-18-7-6-14(15-10-23-30(28,29)24-11-15)8-17(18)13-4-2-1-3-5-13/h4,6-8,10-12,23H,1-3,5H2,(H,22,25)(H,26,27). The zero-order valence-corrected chi connectivity index (χ0v) is 16.7. The number of hydrogen-bond acceptors (Lipinski definition) is 5. The van der Waals surface area contributed by atoms with Gasteiger partial charge in [-0.15, -0.1) is 0 Å². The van der Waals surface area contributed by atoms with Gasteiger partial charge in [0.15, 0.2) is 5.82 Å². The van der Waals surface area contributed by atoms with E-state index < -0.39 is 16.1 Å². The number of allylic oxidation sites excluding steroid dienone is 3. The molecule has 0 saturated heterocycles. The number of aromatic nitrogens is 2. The van der Waals surface area contributed by atoms with Crippen molar-refractivity contribution in [2.75, 3.05) is 5.32 Å². The second-order valence-electron chi connectivity index (χ2n) is 6.87. The molecule has 152 valence electrons. The number of imidazole rings is 1. The van der Waals surface area contributed by atoms with Crippen LogP contribution in [0.2, 0.25) is 0 Å². The van der Waals surface area contributed by atoms with Crippen molar-refractivity contribution < 1.29 is 13.2 Å². The van der Waals surface area contributed by atoms with Gasteiger partial charge in [-0.1, -0.05) is 12.1 Å². The van der Waals surface area contributed by atoms with Crippen molar-refractivity contribution in [3.05, 3.63) is 59.3 Å². The highest BCUT2D eigenvalue weighted by Crippen LogP contribution is 2.34. The van der Waals surface area contributed by atoms with Crippen LogP contribution in [0.3, 0.4) is 0 Å². The second kappa shape index (κ2) is 7.96. The molecule has 1 aromatic carbocycles. The van der Waals surface area contributed by atoms with Crippen molar-refractivity contribution in [1.82, 2.24) is 14.7 Å². The van der Waals surface area contributed by atoms with Gasteiger partial charge in [0.2, 0.25) is 0 Å². The zero-order valence-electron chi connectivity index (χ0n) is 15.8. The van der Waals surface area contributed by atoms with Crippen LogP contribution in [-0.4, -0.2) is 30.5 Å². The summed E-state index contributed by atoms with van der Waals surface area (Å²) in [5.41, 5.74) is 4.17. The maximum absolute atomic E-state index is 12.6. The number of nitrogens with zero attached hydrogens (tertiary/aromatic N) is 3. The molecule has 1 aromatic heterocycles. The van der Waals surface area contributed by atoms with E-state index in [1.807, 2.05) is 12.1 Å². The molecule has 0 unspecified atom stereocenters. The lowest BCUT2D eigenvalue weighted by molar-refractivity contribution is 0.101.